The first-order valence-corrected chi connectivity index (χ1v) is 11.5. The maximum atomic E-state index is 5.46. The molecule has 1 unspecified atom stereocenters. The Hall–Kier alpha value is -1.81. The van der Waals surface area contributed by atoms with Crippen molar-refractivity contribution in [1.29, 1.82) is 0 Å². The van der Waals surface area contributed by atoms with Crippen molar-refractivity contribution in [1.82, 2.24) is 25.3 Å². The molecule has 1 aliphatic heterocycles. The van der Waals surface area contributed by atoms with Crippen LogP contribution in [0.4, 0.5) is 0 Å². The normalized spacial score (nSPS) is 15.3. The summed E-state index contributed by atoms with van der Waals surface area (Å²) in [6, 6.07) is 8.71. The molecule has 2 N–H and O–H groups in total. The van der Waals surface area contributed by atoms with Gasteiger partial charge >= 0.3 is 0 Å². The molecule has 178 valence electrons. The average Bonchev–Trinajstić information content (AvgIpc) is 3.43. The van der Waals surface area contributed by atoms with Gasteiger partial charge in [-0.05, 0) is 56.5 Å². The van der Waals surface area contributed by atoms with Gasteiger partial charge in [-0.3, -0.25) is 14.6 Å². The lowest BCUT2D eigenvalue weighted by Gasteiger charge is -2.29. The largest absolute Gasteiger partial charge is 0.497 e. The third kappa shape index (κ3) is 6.37. The van der Waals surface area contributed by atoms with E-state index in [4.69, 9.17) is 4.74 Å². The summed E-state index contributed by atoms with van der Waals surface area (Å²) in [7, 11) is 5.58. The van der Waals surface area contributed by atoms with Gasteiger partial charge in [0.05, 0.1) is 18.8 Å². The van der Waals surface area contributed by atoms with Gasteiger partial charge in [0.15, 0.2) is 5.96 Å². The van der Waals surface area contributed by atoms with E-state index in [2.05, 4.69) is 57.7 Å². The van der Waals surface area contributed by atoms with Gasteiger partial charge in [0, 0.05) is 38.4 Å². The van der Waals surface area contributed by atoms with Crippen LogP contribution in [0.25, 0.3) is 0 Å². The van der Waals surface area contributed by atoms with Gasteiger partial charge in [0.1, 0.15) is 5.75 Å². The van der Waals surface area contributed by atoms with Crippen molar-refractivity contribution in [3.05, 3.63) is 46.8 Å². The molecule has 3 rings (SSSR count). The van der Waals surface area contributed by atoms with E-state index in [1.807, 2.05) is 24.8 Å². The maximum Gasteiger partial charge on any atom is 0.191 e. The first-order valence-electron chi connectivity index (χ1n) is 11.5. The highest BCUT2D eigenvalue weighted by Crippen LogP contribution is 2.27. The van der Waals surface area contributed by atoms with Crippen molar-refractivity contribution >= 4 is 29.9 Å². The molecule has 2 aromatic rings. The molecule has 0 bridgehead atoms. The van der Waals surface area contributed by atoms with Gasteiger partial charge in [0.2, 0.25) is 0 Å². The molecule has 1 aromatic carbocycles. The highest BCUT2D eigenvalue weighted by molar-refractivity contribution is 14.0. The first kappa shape index (κ1) is 26.4. The minimum atomic E-state index is 0. The van der Waals surface area contributed by atoms with Crippen LogP contribution in [0.2, 0.25) is 0 Å². The number of nitrogens with one attached hydrogen (secondary N) is 2. The lowest BCUT2D eigenvalue weighted by Crippen LogP contribution is -2.42. The van der Waals surface area contributed by atoms with Gasteiger partial charge in [-0.25, -0.2) is 0 Å². The Balaban J connectivity index is 0.00000363. The Labute approximate surface area is 210 Å². The second-order valence-corrected chi connectivity index (χ2v) is 8.04. The smallest absolute Gasteiger partial charge is 0.191 e. The molecule has 0 saturated carbocycles. The van der Waals surface area contributed by atoms with Crippen LogP contribution >= 0.6 is 24.0 Å². The predicted molar refractivity (Wildman–Crippen MR) is 142 cm³/mol. The van der Waals surface area contributed by atoms with E-state index in [0.717, 1.165) is 56.4 Å². The second-order valence-electron chi connectivity index (χ2n) is 8.04. The van der Waals surface area contributed by atoms with E-state index in [-0.39, 0.29) is 30.0 Å². The van der Waals surface area contributed by atoms with Gasteiger partial charge < -0.3 is 15.4 Å². The number of guanidine groups is 1. The quantitative estimate of drug-likeness (QED) is 0.282. The van der Waals surface area contributed by atoms with Gasteiger partial charge in [-0.1, -0.05) is 26.0 Å². The fourth-order valence-electron chi connectivity index (χ4n) is 4.54. The topological polar surface area (TPSA) is 66.7 Å². The standard InChI is InChI=1S/C24H38N6O.HI/c1-6-21-20(22(7-2)29(4)28-21)16-26-24(25-3)27-17-23(30-13-8-9-14-30)18-11-10-12-19(15-18)31-5;/h10-12,15,23H,6-9,13-14,16-17H2,1-5H3,(H2,25,26,27);1H. The fourth-order valence-corrected chi connectivity index (χ4v) is 4.54. The molecule has 0 amide bonds. The summed E-state index contributed by atoms with van der Waals surface area (Å²) in [6.07, 6.45) is 4.42. The van der Waals surface area contributed by atoms with Crippen LogP contribution in [0.5, 0.6) is 5.75 Å². The van der Waals surface area contributed by atoms with Crippen LogP contribution in [-0.4, -0.2) is 54.4 Å². The molecule has 0 spiro atoms. The first-order chi connectivity index (χ1) is 15.1. The number of nitrogens with zero attached hydrogens (tertiary/aromatic N) is 4. The Morgan fingerprint density at radius 3 is 2.56 bits per heavy atom. The van der Waals surface area contributed by atoms with E-state index in [1.54, 1.807) is 7.11 Å². The fraction of sp³-hybridized carbons (Fsp3) is 0.583. The number of halogens is 1. The Morgan fingerprint density at radius 1 is 1.19 bits per heavy atom. The zero-order chi connectivity index (χ0) is 22.2. The van der Waals surface area contributed by atoms with Crippen LogP contribution in [0.1, 0.15) is 55.2 Å². The molecule has 1 fully saturated rings. The summed E-state index contributed by atoms with van der Waals surface area (Å²) < 4.78 is 7.48. The summed E-state index contributed by atoms with van der Waals surface area (Å²) >= 11 is 0. The van der Waals surface area contributed by atoms with Crippen molar-refractivity contribution in [2.24, 2.45) is 12.0 Å². The van der Waals surface area contributed by atoms with Crippen molar-refractivity contribution in [3.8, 4) is 5.75 Å². The number of aliphatic imine (C=N–C) groups is 1. The minimum absolute atomic E-state index is 0. The van der Waals surface area contributed by atoms with Gasteiger partial charge in [-0.15, -0.1) is 24.0 Å². The molecule has 2 heterocycles. The number of hydrogen-bond donors (Lipinski definition) is 2. The lowest BCUT2D eigenvalue weighted by molar-refractivity contribution is 0.245. The van der Waals surface area contributed by atoms with Crippen LogP contribution < -0.4 is 15.4 Å². The number of methoxy groups -OCH3 is 1. The summed E-state index contributed by atoms with van der Waals surface area (Å²) in [5, 5.41) is 11.8. The van der Waals surface area contributed by atoms with Crippen LogP contribution in [0, 0.1) is 0 Å². The average molecular weight is 555 g/mol. The molecule has 8 heteroatoms. The molecule has 32 heavy (non-hydrogen) atoms. The van der Waals surface area contributed by atoms with Crippen molar-refractivity contribution < 1.29 is 4.74 Å². The van der Waals surface area contributed by atoms with Crippen LogP contribution in [0.15, 0.2) is 29.3 Å². The van der Waals surface area contributed by atoms with Gasteiger partial charge in [0.25, 0.3) is 0 Å². The number of aromatic nitrogens is 2. The summed E-state index contributed by atoms with van der Waals surface area (Å²) in [4.78, 5) is 7.03. The van der Waals surface area contributed by atoms with Crippen LogP contribution in [-0.2, 0) is 26.4 Å². The molecule has 1 aromatic heterocycles. The monoisotopic (exact) mass is 554 g/mol. The zero-order valence-corrected chi connectivity index (χ0v) is 22.5. The number of rotatable bonds is 9. The van der Waals surface area contributed by atoms with E-state index >= 15 is 0 Å². The van der Waals surface area contributed by atoms with Gasteiger partial charge in [-0.2, -0.15) is 5.10 Å². The summed E-state index contributed by atoms with van der Waals surface area (Å²) in [5.74, 6) is 1.72. The highest BCUT2D eigenvalue weighted by Gasteiger charge is 2.24. The molecular formula is C24H39IN6O. The predicted octanol–water partition coefficient (Wildman–Crippen LogP) is 3.67. The summed E-state index contributed by atoms with van der Waals surface area (Å²) in [5.41, 5.74) is 5.01. The summed E-state index contributed by atoms with van der Waals surface area (Å²) in [6.45, 7) is 8.12. The Kier molecular flexibility index (Phi) is 10.8. The Bertz CT molecular complexity index is 875. The number of aryl methyl sites for hydroxylation is 2. The van der Waals surface area contributed by atoms with E-state index in [9.17, 15) is 0 Å². The third-order valence-electron chi connectivity index (χ3n) is 6.21. The molecule has 0 aliphatic carbocycles. The third-order valence-corrected chi connectivity index (χ3v) is 6.21. The molecule has 1 atom stereocenters. The molecule has 0 radical (unpaired) electrons. The zero-order valence-electron chi connectivity index (χ0n) is 20.1. The number of ether oxygens (including phenoxy) is 1. The molecular weight excluding hydrogens is 515 g/mol. The lowest BCUT2D eigenvalue weighted by atomic mass is 10.1. The highest BCUT2D eigenvalue weighted by atomic mass is 127. The number of benzene rings is 1. The molecule has 1 saturated heterocycles. The SMILES string of the molecule is CCc1nn(C)c(CC)c1CNC(=NC)NCC(c1cccc(OC)c1)N1CCCC1.I. The molecule has 7 nitrogen and oxygen atoms in total. The van der Waals surface area contributed by atoms with E-state index in [1.165, 1.54) is 29.7 Å². The number of hydrogen-bond acceptors (Lipinski definition) is 4. The van der Waals surface area contributed by atoms with Crippen molar-refractivity contribution in [3.63, 3.8) is 0 Å². The van der Waals surface area contributed by atoms with Crippen molar-refractivity contribution in [2.75, 3.05) is 33.8 Å². The second kappa shape index (κ2) is 13.0. The Morgan fingerprint density at radius 2 is 1.94 bits per heavy atom. The molecule has 1 aliphatic rings. The maximum absolute atomic E-state index is 5.46. The van der Waals surface area contributed by atoms with Crippen molar-refractivity contribution in [2.45, 2.75) is 52.1 Å². The van der Waals surface area contributed by atoms with E-state index in [0.29, 0.717) is 0 Å². The minimum Gasteiger partial charge on any atom is -0.497 e. The van der Waals surface area contributed by atoms with E-state index < -0.39 is 0 Å². The van der Waals surface area contributed by atoms with Crippen LogP contribution in [0.3, 0.4) is 0 Å². The number of likely N-dealkylation sites (tertiary alicyclic amines) is 1.